The van der Waals surface area contributed by atoms with E-state index in [0.717, 1.165) is 55.0 Å². The standard InChI is InChI=1S/C29H32F3N5O3/c1-3-14-37(28(40)33-17-20-4-6-22(7-5-20)27(38)39)24-12-15-36(16-13-24)18-25-19(2)34-26(35-25)21-8-10-23(11-9-21)29(30,31)32/h3-11,24H,1,12-18H2,2H3,(H,33,40)(H,34,35)(H,38,39)/p-1. The van der Waals surface area contributed by atoms with Crippen LogP contribution in [0.25, 0.3) is 11.4 Å². The van der Waals surface area contributed by atoms with Gasteiger partial charge in [0.05, 0.1) is 17.2 Å². The number of carbonyl (C=O) groups excluding carboxylic acids is 2. The number of likely N-dealkylation sites (tertiary alicyclic amines) is 1. The van der Waals surface area contributed by atoms with Gasteiger partial charge in [0.25, 0.3) is 0 Å². The van der Waals surface area contributed by atoms with Crippen molar-refractivity contribution in [3.8, 4) is 11.4 Å². The fraction of sp³-hybridized carbons (Fsp3) is 0.345. The second-order valence-corrected chi connectivity index (χ2v) is 9.82. The summed E-state index contributed by atoms with van der Waals surface area (Å²) in [6.45, 7) is 8.42. The molecule has 0 radical (unpaired) electrons. The van der Waals surface area contributed by atoms with E-state index in [0.29, 0.717) is 24.5 Å². The average Bonchev–Trinajstić information content (AvgIpc) is 3.30. The normalized spacial score (nSPS) is 14.6. The molecule has 0 aliphatic carbocycles. The molecular formula is C29H31F3N5O3-. The van der Waals surface area contributed by atoms with Crippen LogP contribution in [0.5, 0.6) is 0 Å². The number of urea groups is 1. The van der Waals surface area contributed by atoms with E-state index in [9.17, 15) is 27.9 Å². The summed E-state index contributed by atoms with van der Waals surface area (Å²) in [6, 6.07) is 10.9. The lowest BCUT2D eigenvalue weighted by molar-refractivity contribution is -0.255. The fourth-order valence-electron chi connectivity index (χ4n) is 4.78. The Balaban J connectivity index is 1.31. The van der Waals surface area contributed by atoms with Gasteiger partial charge < -0.3 is 25.1 Å². The van der Waals surface area contributed by atoms with Gasteiger partial charge in [-0.3, -0.25) is 4.90 Å². The van der Waals surface area contributed by atoms with Crippen LogP contribution in [0.15, 0.2) is 61.2 Å². The van der Waals surface area contributed by atoms with Gasteiger partial charge in [-0.2, -0.15) is 13.2 Å². The Morgan fingerprint density at radius 2 is 1.80 bits per heavy atom. The topological polar surface area (TPSA) is 104 Å². The Morgan fingerprint density at radius 3 is 2.38 bits per heavy atom. The number of aromatic nitrogens is 2. The van der Waals surface area contributed by atoms with Crippen LogP contribution >= 0.6 is 0 Å². The smallest absolute Gasteiger partial charge is 0.416 e. The van der Waals surface area contributed by atoms with Crippen molar-refractivity contribution in [2.24, 2.45) is 0 Å². The predicted octanol–water partition coefficient (Wildman–Crippen LogP) is 4.13. The van der Waals surface area contributed by atoms with Crippen LogP contribution in [0.4, 0.5) is 18.0 Å². The molecule has 2 amide bonds. The molecule has 11 heteroatoms. The van der Waals surface area contributed by atoms with Crippen molar-refractivity contribution in [2.75, 3.05) is 19.6 Å². The number of imidazole rings is 1. The van der Waals surface area contributed by atoms with Crippen molar-refractivity contribution >= 4 is 12.0 Å². The van der Waals surface area contributed by atoms with Gasteiger partial charge >= 0.3 is 12.2 Å². The summed E-state index contributed by atoms with van der Waals surface area (Å²) in [6.07, 6.45) is -1.17. The molecule has 2 heterocycles. The lowest BCUT2D eigenvalue weighted by Crippen LogP contribution is -2.50. The number of aryl methyl sites for hydroxylation is 1. The molecule has 2 N–H and O–H groups in total. The van der Waals surface area contributed by atoms with Crippen LogP contribution in [-0.2, 0) is 19.3 Å². The maximum absolute atomic E-state index is 13.0. The number of rotatable bonds is 9. The van der Waals surface area contributed by atoms with E-state index < -0.39 is 17.7 Å². The molecule has 8 nitrogen and oxygen atoms in total. The number of H-pyrrole nitrogens is 1. The van der Waals surface area contributed by atoms with Gasteiger partial charge in [-0.05, 0) is 43.0 Å². The summed E-state index contributed by atoms with van der Waals surface area (Å²) >= 11 is 0. The van der Waals surface area contributed by atoms with Crippen molar-refractivity contribution < 1.29 is 27.9 Å². The Labute approximate surface area is 230 Å². The molecular weight excluding hydrogens is 523 g/mol. The van der Waals surface area contributed by atoms with Gasteiger partial charge in [0.1, 0.15) is 5.82 Å². The number of hydrogen-bond acceptors (Lipinski definition) is 5. The molecule has 0 unspecified atom stereocenters. The quantitative estimate of drug-likeness (QED) is 0.387. The molecule has 0 bridgehead atoms. The molecule has 0 saturated carbocycles. The zero-order valence-electron chi connectivity index (χ0n) is 22.1. The number of nitrogens with zero attached hydrogens (tertiary/aromatic N) is 3. The lowest BCUT2D eigenvalue weighted by Gasteiger charge is -2.38. The van der Waals surface area contributed by atoms with Gasteiger partial charge in [0.15, 0.2) is 0 Å². The molecule has 1 saturated heterocycles. The molecule has 0 atom stereocenters. The summed E-state index contributed by atoms with van der Waals surface area (Å²) in [5.74, 6) is -0.722. The lowest BCUT2D eigenvalue weighted by atomic mass is 10.0. The number of carboxylic acid groups (broad SMARTS) is 1. The Kier molecular flexibility index (Phi) is 8.93. The third-order valence-corrected chi connectivity index (χ3v) is 7.06. The Hall–Kier alpha value is -4.12. The number of aromatic amines is 1. The fourth-order valence-corrected chi connectivity index (χ4v) is 4.78. The first-order valence-electron chi connectivity index (χ1n) is 13.0. The molecule has 1 aromatic heterocycles. The number of benzene rings is 2. The molecule has 4 rings (SSSR count). The first-order valence-corrected chi connectivity index (χ1v) is 13.0. The van der Waals surface area contributed by atoms with Gasteiger partial charge in [0.2, 0.25) is 0 Å². The molecule has 1 fully saturated rings. The zero-order chi connectivity index (χ0) is 28.9. The molecule has 0 spiro atoms. The largest absolute Gasteiger partial charge is 0.545 e. The molecule has 1 aliphatic heterocycles. The molecule has 212 valence electrons. The van der Waals surface area contributed by atoms with E-state index in [4.69, 9.17) is 0 Å². The third kappa shape index (κ3) is 7.09. The second-order valence-electron chi connectivity index (χ2n) is 9.82. The van der Waals surface area contributed by atoms with Crippen LogP contribution in [0, 0.1) is 6.92 Å². The van der Waals surface area contributed by atoms with Crippen molar-refractivity contribution in [3.05, 3.63) is 89.3 Å². The number of carbonyl (C=O) groups is 2. The number of alkyl halides is 3. The van der Waals surface area contributed by atoms with Crippen LogP contribution in [0.3, 0.4) is 0 Å². The molecule has 40 heavy (non-hydrogen) atoms. The minimum Gasteiger partial charge on any atom is -0.545 e. The molecule has 3 aromatic rings. The summed E-state index contributed by atoms with van der Waals surface area (Å²) in [7, 11) is 0. The Bertz CT molecular complexity index is 1330. The van der Waals surface area contributed by atoms with Crippen LogP contribution in [-0.4, -0.2) is 57.4 Å². The van der Waals surface area contributed by atoms with E-state index in [1.165, 1.54) is 24.3 Å². The van der Waals surface area contributed by atoms with E-state index >= 15 is 0 Å². The summed E-state index contributed by atoms with van der Waals surface area (Å²) in [4.78, 5) is 35.7. The monoisotopic (exact) mass is 554 g/mol. The highest BCUT2D eigenvalue weighted by atomic mass is 19.4. The number of aromatic carboxylic acids is 1. The highest BCUT2D eigenvalue weighted by Crippen LogP contribution is 2.31. The SMILES string of the molecule is C=CCN(C(=O)NCc1ccc(C(=O)[O-])cc1)C1CCN(Cc2nc(-c3ccc(C(F)(F)F)cc3)[nH]c2C)CC1. The minimum absolute atomic E-state index is 0.0256. The highest BCUT2D eigenvalue weighted by Gasteiger charge is 2.30. The second kappa shape index (κ2) is 12.4. The van der Waals surface area contributed by atoms with Gasteiger partial charge in [-0.25, -0.2) is 9.78 Å². The number of hydrogen-bond donors (Lipinski definition) is 2. The maximum atomic E-state index is 13.0. The molecule has 2 aromatic carbocycles. The highest BCUT2D eigenvalue weighted by molar-refractivity contribution is 5.85. The van der Waals surface area contributed by atoms with Crippen LogP contribution in [0.2, 0.25) is 0 Å². The Morgan fingerprint density at radius 1 is 1.15 bits per heavy atom. The number of carboxylic acids is 1. The number of halogens is 3. The average molecular weight is 555 g/mol. The van der Waals surface area contributed by atoms with Gasteiger partial charge in [0, 0.05) is 50.0 Å². The van der Waals surface area contributed by atoms with E-state index in [-0.39, 0.29) is 24.2 Å². The van der Waals surface area contributed by atoms with Crippen molar-refractivity contribution in [1.82, 2.24) is 25.1 Å². The number of amides is 2. The summed E-state index contributed by atoms with van der Waals surface area (Å²) in [5.41, 5.74) is 2.43. The van der Waals surface area contributed by atoms with Crippen LogP contribution in [0.1, 0.15) is 45.7 Å². The third-order valence-electron chi connectivity index (χ3n) is 7.06. The molecule has 1 aliphatic rings. The van der Waals surface area contributed by atoms with Crippen molar-refractivity contribution in [2.45, 2.75) is 45.1 Å². The van der Waals surface area contributed by atoms with E-state index in [1.54, 1.807) is 23.1 Å². The van der Waals surface area contributed by atoms with Crippen molar-refractivity contribution in [1.29, 1.82) is 0 Å². The first kappa shape index (κ1) is 28.9. The first-order chi connectivity index (χ1) is 19.0. The summed E-state index contributed by atoms with van der Waals surface area (Å²) in [5, 5.41) is 13.8. The van der Waals surface area contributed by atoms with Crippen LogP contribution < -0.4 is 10.4 Å². The van der Waals surface area contributed by atoms with E-state index in [2.05, 4.69) is 26.8 Å². The van der Waals surface area contributed by atoms with Crippen molar-refractivity contribution in [3.63, 3.8) is 0 Å². The number of piperidine rings is 1. The zero-order valence-corrected chi connectivity index (χ0v) is 22.1. The van der Waals surface area contributed by atoms with Gasteiger partial charge in [-0.15, -0.1) is 6.58 Å². The predicted molar refractivity (Wildman–Crippen MR) is 142 cm³/mol. The van der Waals surface area contributed by atoms with E-state index in [1.807, 2.05) is 6.92 Å². The van der Waals surface area contributed by atoms with Gasteiger partial charge in [-0.1, -0.05) is 42.5 Å². The maximum Gasteiger partial charge on any atom is 0.416 e. The minimum atomic E-state index is -4.38. The summed E-state index contributed by atoms with van der Waals surface area (Å²) < 4.78 is 38.6. The number of nitrogens with one attached hydrogen (secondary N) is 2.